The third kappa shape index (κ3) is 2.46. The standard InChI is InChI=1S/C12H17N3O4/c1-8-7-9(14-13-8)10(16)15-5-3-12(19-2,4-6-15)11(17)18/h7H,3-6H2,1-2H3,(H,13,14)(H,17,18). The Morgan fingerprint density at radius 1 is 1.47 bits per heavy atom. The maximum atomic E-state index is 12.1. The molecule has 1 amide bonds. The van der Waals surface area contributed by atoms with E-state index in [1.807, 2.05) is 6.92 Å². The van der Waals surface area contributed by atoms with Crippen LogP contribution in [0, 0.1) is 6.92 Å². The lowest BCUT2D eigenvalue weighted by atomic mass is 9.91. The van der Waals surface area contributed by atoms with Crippen LogP contribution in [0.15, 0.2) is 6.07 Å². The number of amides is 1. The van der Waals surface area contributed by atoms with Crippen molar-refractivity contribution in [3.8, 4) is 0 Å². The Morgan fingerprint density at radius 3 is 2.53 bits per heavy atom. The van der Waals surface area contributed by atoms with E-state index in [1.165, 1.54) is 7.11 Å². The van der Waals surface area contributed by atoms with Crippen molar-refractivity contribution < 1.29 is 19.4 Å². The summed E-state index contributed by atoms with van der Waals surface area (Å²) in [6.45, 7) is 2.52. The molecule has 0 aromatic carbocycles. The summed E-state index contributed by atoms with van der Waals surface area (Å²) in [5.74, 6) is -1.16. The molecule has 1 aromatic heterocycles. The molecule has 1 aliphatic heterocycles. The number of carboxylic acids is 1. The van der Waals surface area contributed by atoms with Gasteiger partial charge in [-0.15, -0.1) is 0 Å². The molecule has 1 aliphatic rings. The van der Waals surface area contributed by atoms with Crippen LogP contribution in [0.25, 0.3) is 0 Å². The molecule has 1 saturated heterocycles. The van der Waals surface area contributed by atoms with Crippen LogP contribution >= 0.6 is 0 Å². The maximum Gasteiger partial charge on any atom is 0.336 e. The Bertz CT molecular complexity index is 489. The minimum Gasteiger partial charge on any atom is -0.479 e. The van der Waals surface area contributed by atoms with Gasteiger partial charge in [-0.3, -0.25) is 9.89 Å². The molecule has 7 nitrogen and oxygen atoms in total. The SMILES string of the molecule is COC1(C(=O)O)CCN(C(=O)c2cc(C)[nH]n2)CC1. The lowest BCUT2D eigenvalue weighted by molar-refractivity contribution is -0.167. The van der Waals surface area contributed by atoms with E-state index in [9.17, 15) is 14.7 Å². The van der Waals surface area contributed by atoms with Crippen LogP contribution in [0.1, 0.15) is 29.0 Å². The highest BCUT2D eigenvalue weighted by Gasteiger charge is 2.42. The van der Waals surface area contributed by atoms with Gasteiger partial charge in [-0.25, -0.2) is 4.79 Å². The second-order valence-corrected chi connectivity index (χ2v) is 4.73. The van der Waals surface area contributed by atoms with Crippen LogP contribution in [0.5, 0.6) is 0 Å². The molecule has 0 spiro atoms. The quantitative estimate of drug-likeness (QED) is 0.827. The highest BCUT2D eigenvalue weighted by atomic mass is 16.5. The number of hydrogen-bond donors (Lipinski definition) is 2. The number of hydrogen-bond acceptors (Lipinski definition) is 4. The zero-order chi connectivity index (χ0) is 14.0. The number of carboxylic acid groups (broad SMARTS) is 1. The van der Waals surface area contributed by atoms with E-state index in [-0.39, 0.29) is 18.7 Å². The van der Waals surface area contributed by atoms with Crippen molar-refractivity contribution >= 4 is 11.9 Å². The number of methoxy groups -OCH3 is 1. The fraction of sp³-hybridized carbons (Fsp3) is 0.583. The Balaban J connectivity index is 2.04. The molecule has 0 unspecified atom stereocenters. The molecule has 0 bridgehead atoms. The highest BCUT2D eigenvalue weighted by Crippen LogP contribution is 2.26. The summed E-state index contributed by atoms with van der Waals surface area (Å²) in [5.41, 5.74) is 0.00743. The molecule has 1 fully saturated rings. The number of nitrogens with one attached hydrogen (secondary N) is 1. The predicted molar refractivity (Wildman–Crippen MR) is 65.8 cm³/mol. The largest absolute Gasteiger partial charge is 0.479 e. The number of likely N-dealkylation sites (tertiary alicyclic amines) is 1. The number of aryl methyl sites for hydroxylation is 1. The maximum absolute atomic E-state index is 12.1. The van der Waals surface area contributed by atoms with E-state index in [2.05, 4.69) is 10.2 Å². The molecule has 104 valence electrons. The summed E-state index contributed by atoms with van der Waals surface area (Å²) in [6, 6.07) is 1.68. The lowest BCUT2D eigenvalue weighted by Crippen LogP contribution is -2.52. The van der Waals surface area contributed by atoms with Crippen molar-refractivity contribution in [1.29, 1.82) is 0 Å². The second-order valence-electron chi connectivity index (χ2n) is 4.73. The van der Waals surface area contributed by atoms with Crippen LogP contribution in [0.4, 0.5) is 0 Å². The minimum atomic E-state index is -1.17. The molecule has 0 saturated carbocycles. The van der Waals surface area contributed by atoms with Crippen molar-refractivity contribution in [2.24, 2.45) is 0 Å². The molecule has 1 aromatic rings. The molecule has 7 heteroatoms. The van der Waals surface area contributed by atoms with Crippen LogP contribution in [-0.2, 0) is 9.53 Å². The Hall–Kier alpha value is -1.89. The Labute approximate surface area is 110 Å². The zero-order valence-electron chi connectivity index (χ0n) is 11.0. The monoisotopic (exact) mass is 267 g/mol. The van der Waals surface area contributed by atoms with Gasteiger partial charge in [0.25, 0.3) is 5.91 Å². The summed E-state index contributed by atoms with van der Waals surface area (Å²) in [5, 5.41) is 15.8. The first-order chi connectivity index (χ1) is 8.98. The number of carbonyl (C=O) groups is 2. The van der Waals surface area contributed by atoms with Crippen molar-refractivity contribution in [3.05, 3.63) is 17.5 Å². The number of carbonyl (C=O) groups excluding carboxylic acids is 1. The summed E-state index contributed by atoms with van der Waals surface area (Å²) < 4.78 is 5.12. The third-order valence-electron chi connectivity index (χ3n) is 3.56. The smallest absolute Gasteiger partial charge is 0.336 e. The van der Waals surface area contributed by atoms with E-state index in [1.54, 1.807) is 11.0 Å². The molecule has 2 heterocycles. The van der Waals surface area contributed by atoms with E-state index in [0.717, 1.165) is 5.69 Å². The minimum absolute atomic E-state index is 0.181. The number of piperidine rings is 1. The molecule has 2 rings (SSSR count). The molecule has 0 aliphatic carbocycles. The number of aliphatic carboxylic acids is 1. The highest BCUT2D eigenvalue weighted by molar-refractivity contribution is 5.92. The number of ether oxygens (including phenoxy) is 1. The van der Waals surface area contributed by atoms with E-state index in [0.29, 0.717) is 18.8 Å². The van der Waals surface area contributed by atoms with Gasteiger partial charge in [-0.05, 0) is 13.0 Å². The fourth-order valence-electron chi connectivity index (χ4n) is 2.27. The van der Waals surface area contributed by atoms with E-state index in [4.69, 9.17) is 4.74 Å². The molecular formula is C12H17N3O4. The average Bonchev–Trinajstić information content (AvgIpc) is 2.84. The van der Waals surface area contributed by atoms with E-state index < -0.39 is 11.6 Å². The molecular weight excluding hydrogens is 250 g/mol. The summed E-state index contributed by atoms with van der Waals surface area (Å²) in [4.78, 5) is 25.0. The van der Waals surface area contributed by atoms with Gasteiger partial charge < -0.3 is 14.7 Å². The first-order valence-electron chi connectivity index (χ1n) is 6.08. The van der Waals surface area contributed by atoms with E-state index >= 15 is 0 Å². The van der Waals surface area contributed by atoms with Gasteiger partial charge in [0.05, 0.1) is 0 Å². The van der Waals surface area contributed by atoms with Gasteiger partial charge in [0, 0.05) is 38.7 Å². The second kappa shape index (κ2) is 5.00. The number of H-pyrrole nitrogens is 1. The Kier molecular flexibility index (Phi) is 3.57. The fourth-order valence-corrected chi connectivity index (χ4v) is 2.27. The first kappa shape index (κ1) is 13.5. The Morgan fingerprint density at radius 2 is 2.11 bits per heavy atom. The van der Waals surface area contributed by atoms with Crippen LogP contribution in [0.2, 0.25) is 0 Å². The van der Waals surface area contributed by atoms with Gasteiger partial charge in [0.2, 0.25) is 0 Å². The van der Waals surface area contributed by atoms with Gasteiger partial charge in [0.1, 0.15) is 5.69 Å². The summed E-state index contributed by atoms with van der Waals surface area (Å²) in [6.07, 6.45) is 0.571. The lowest BCUT2D eigenvalue weighted by Gasteiger charge is -2.37. The zero-order valence-corrected chi connectivity index (χ0v) is 11.0. The van der Waals surface area contributed by atoms with Crippen molar-refractivity contribution in [2.75, 3.05) is 20.2 Å². The van der Waals surface area contributed by atoms with Gasteiger partial charge in [-0.2, -0.15) is 5.10 Å². The topological polar surface area (TPSA) is 95.5 Å². The number of nitrogens with zero attached hydrogens (tertiary/aromatic N) is 2. The summed E-state index contributed by atoms with van der Waals surface area (Å²) in [7, 11) is 1.39. The molecule has 0 radical (unpaired) electrons. The van der Waals surface area contributed by atoms with Crippen LogP contribution < -0.4 is 0 Å². The van der Waals surface area contributed by atoms with Gasteiger partial charge in [0.15, 0.2) is 5.60 Å². The van der Waals surface area contributed by atoms with Gasteiger partial charge >= 0.3 is 5.97 Å². The van der Waals surface area contributed by atoms with Crippen molar-refractivity contribution in [1.82, 2.24) is 15.1 Å². The first-order valence-corrected chi connectivity index (χ1v) is 6.08. The number of aromatic amines is 1. The predicted octanol–water partition coefficient (Wildman–Crippen LogP) is 0.424. The number of rotatable bonds is 3. The average molecular weight is 267 g/mol. The molecule has 19 heavy (non-hydrogen) atoms. The van der Waals surface area contributed by atoms with Crippen LogP contribution in [0.3, 0.4) is 0 Å². The van der Waals surface area contributed by atoms with Crippen molar-refractivity contribution in [2.45, 2.75) is 25.4 Å². The third-order valence-corrected chi connectivity index (χ3v) is 3.56. The van der Waals surface area contributed by atoms with Gasteiger partial charge in [-0.1, -0.05) is 0 Å². The van der Waals surface area contributed by atoms with Crippen molar-refractivity contribution in [3.63, 3.8) is 0 Å². The summed E-state index contributed by atoms with van der Waals surface area (Å²) >= 11 is 0. The number of aromatic nitrogens is 2. The molecule has 2 N–H and O–H groups in total. The van der Waals surface area contributed by atoms with Crippen LogP contribution in [-0.4, -0.2) is 57.9 Å². The molecule has 0 atom stereocenters. The normalized spacial score (nSPS) is 18.3.